The molecule has 7 nitrogen and oxygen atoms in total. The molecule has 134 valence electrons. The highest BCUT2D eigenvalue weighted by Crippen LogP contribution is 2.48. The van der Waals surface area contributed by atoms with E-state index in [1.54, 1.807) is 12.1 Å². The second kappa shape index (κ2) is 6.66. The average molecular weight is 346 g/mol. The maximum Gasteiger partial charge on any atom is 0.228 e. The van der Waals surface area contributed by atoms with Crippen LogP contribution in [0.2, 0.25) is 0 Å². The predicted octanol–water partition coefficient (Wildman–Crippen LogP) is 0.839. The van der Waals surface area contributed by atoms with Crippen LogP contribution in [0, 0.1) is 23.7 Å². The monoisotopic (exact) mass is 346 g/mol. The molecule has 7 heteroatoms. The first-order valence-electron chi connectivity index (χ1n) is 8.00. The highest BCUT2D eigenvalue weighted by Gasteiger charge is 2.48. The smallest absolute Gasteiger partial charge is 0.228 e. The van der Waals surface area contributed by atoms with Crippen LogP contribution in [-0.4, -0.2) is 33.2 Å². The second-order valence-electron chi connectivity index (χ2n) is 6.22. The van der Waals surface area contributed by atoms with Crippen LogP contribution >= 0.6 is 0 Å². The molecule has 2 bridgehead atoms. The number of benzene rings is 1. The van der Waals surface area contributed by atoms with Crippen molar-refractivity contribution in [3.63, 3.8) is 0 Å². The first-order chi connectivity index (χ1) is 12.0. The second-order valence-corrected chi connectivity index (χ2v) is 6.22. The van der Waals surface area contributed by atoms with E-state index in [2.05, 4.69) is 5.32 Å². The fourth-order valence-electron chi connectivity index (χ4n) is 3.88. The number of carbonyl (C=O) groups excluding carboxylic acids is 2. The minimum Gasteiger partial charge on any atom is -0.550 e. The molecule has 1 aromatic rings. The number of carbonyl (C=O) groups is 2. The number of carboxylic acid groups (broad SMARTS) is 1. The summed E-state index contributed by atoms with van der Waals surface area (Å²) in [6.07, 6.45) is 4.46. The third kappa shape index (κ3) is 2.90. The molecule has 0 saturated heterocycles. The zero-order valence-electron chi connectivity index (χ0n) is 14.3. The van der Waals surface area contributed by atoms with Gasteiger partial charge in [0.25, 0.3) is 0 Å². The van der Waals surface area contributed by atoms with Gasteiger partial charge in [0.15, 0.2) is 11.5 Å². The largest absolute Gasteiger partial charge is 0.550 e. The Balaban J connectivity index is 1.86. The number of methoxy groups -OCH3 is 3. The first kappa shape index (κ1) is 17.1. The molecule has 0 unspecified atom stereocenters. The minimum atomic E-state index is -1.18. The molecule has 1 saturated carbocycles. The summed E-state index contributed by atoms with van der Waals surface area (Å²) in [5, 5.41) is 14.2. The zero-order chi connectivity index (χ0) is 18.1. The topological polar surface area (TPSA) is 96.9 Å². The normalized spacial score (nSPS) is 26.4. The number of ether oxygens (including phenoxy) is 3. The van der Waals surface area contributed by atoms with Crippen molar-refractivity contribution >= 4 is 17.6 Å². The number of rotatable bonds is 6. The molecule has 2 aliphatic rings. The van der Waals surface area contributed by atoms with Crippen molar-refractivity contribution in [2.24, 2.45) is 23.7 Å². The van der Waals surface area contributed by atoms with Crippen LogP contribution in [0.1, 0.15) is 6.42 Å². The van der Waals surface area contributed by atoms with Crippen LogP contribution in [0.15, 0.2) is 24.3 Å². The molecule has 0 heterocycles. The quantitative estimate of drug-likeness (QED) is 0.767. The van der Waals surface area contributed by atoms with E-state index in [1.807, 2.05) is 12.2 Å². The first-order valence-corrected chi connectivity index (χ1v) is 8.00. The van der Waals surface area contributed by atoms with Gasteiger partial charge in [0.1, 0.15) is 0 Å². The van der Waals surface area contributed by atoms with Gasteiger partial charge in [-0.3, -0.25) is 4.79 Å². The van der Waals surface area contributed by atoms with Crippen LogP contribution in [0.3, 0.4) is 0 Å². The van der Waals surface area contributed by atoms with E-state index in [0.29, 0.717) is 29.4 Å². The Hall–Kier alpha value is -2.70. The molecule has 4 atom stereocenters. The number of aliphatic carboxylic acids is 1. The SMILES string of the molecule is COc1cc(NC(=O)[C@@H]2[C@@H](C(=O)[O-])[C@H]3C=C[C@H]2C3)cc(OC)c1OC. The van der Waals surface area contributed by atoms with E-state index >= 15 is 0 Å². The number of nitrogens with one attached hydrogen (secondary N) is 1. The lowest BCUT2D eigenvalue weighted by molar-refractivity contribution is -0.313. The average Bonchev–Trinajstić information content (AvgIpc) is 3.21. The molecular formula is C18H20NO6-. The van der Waals surface area contributed by atoms with Gasteiger partial charge < -0.3 is 29.4 Å². The highest BCUT2D eigenvalue weighted by atomic mass is 16.5. The summed E-state index contributed by atoms with van der Waals surface area (Å²) < 4.78 is 15.8. The lowest BCUT2D eigenvalue weighted by atomic mass is 9.82. The number of allylic oxidation sites excluding steroid dienone is 2. The maximum atomic E-state index is 12.7. The van der Waals surface area contributed by atoms with Crippen LogP contribution in [0.4, 0.5) is 5.69 Å². The Morgan fingerprint density at radius 2 is 1.56 bits per heavy atom. The van der Waals surface area contributed by atoms with Crippen molar-refractivity contribution in [2.45, 2.75) is 6.42 Å². The molecule has 0 aliphatic heterocycles. The molecule has 1 N–H and O–H groups in total. The maximum absolute atomic E-state index is 12.7. The minimum absolute atomic E-state index is 0.0741. The summed E-state index contributed by atoms with van der Waals surface area (Å²) in [7, 11) is 4.45. The number of hydrogen-bond acceptors (Lipinski definition) is 6. The van der Waals surface area contributed by atoms with Crippen molar-refractivity contribution in [3.8, 4) is 17.2 Å². The standard InChI is InChI=1S/C18H21NO6/c1-23-12-7-11(8-13(24-2)16(12)25-3)19-17(20)14-9-4-5-10(6-9)15(14)18(21)22/h4-5,7-10,14-15H,6H2,1-3H3,(H,19,20)(H,21,22)/p-1/t9-,10-,14-,15-/m0/s1. The molecule has 2 aliphatic carbocycles. The van der Waals surface area contributed by atoms with Crippen molar-refractivity contribution < 1.29 is 28.9 Å². The molecule has 0 aromatic heterocycles. The van der Waals surface area contributed by atoms with Gasteiger partial charge in [-0.15, -0.1) is 0 Å². The Labute approximate surface area is 145 Å². The third-order valence-electron chi connectivity index (χ3n) is 4.97. The number of anilines is 1. The summed E-state index contributed by atoms with van der Waals surface area (Å²) >= 11 is 0. The molecule has 1 fully saturated rings. The fourth-order valence-corrected chi connectivity index (χ4v) is 3.88. The van der Waals surface area contributed by atoms with Crippen molar-refractivity contribution in [3.05, 3.63) is 24.3 Å². The van der Waals surface area contributed by atoms with Gasteiger partial charge in [0.05, 0.1) is 27.2 Å². The summed E-state index contributed by atoms with van der Waals surface area (Å²) in [5.41, 5.74) is 0.448. The predicted molar refractivity (Wildman–Crippen MR) is 87.5 cm³/mol. The van der Waals surface area contributed by atoms with Gasteiger partial charge in [-0.25, -0.2) is 0 Å². The van der Waals surface area contributed by atoms with Crippen molar-refractivity contribution in [1.29, 1.82) is 0 Å². The lowest BCUT2D eigenvalue weighted by Crippen LogP contribution is -2.42. The van der Waals surface area contributed by atoms with E-state index in [0.717, 1.165) is 0 Å². The van der Waals surface area contributed by atoms with Gasteiger partial charge in [-0.05, 0) is 18.3 Å². The van der Waals surface area contributed by atoms with Gasteiger partial charge >= 0.3 is 0 Å². The fraction of sp³-hybridized carbons (Fsp3) is 0.444. The third-order valence-corrected chi connectivity index (χ3v) is 4.97. The van der Waals surface area contributed by atoms with E-state index < -0.39 is 17.8 Å². The number of fused-ring (bicyclic) bond motifs is 2. The number of carboxylic acids is 1. The van der Waals surface area contributed by atoms with E-state index in [9.17, 15) is 14.7 Å². The zero-order valence-corrected chi connectivity index (χ0v) is 14.3. The highest BCUT2D eigenvalue weighted by molar-refractivity contribution is 5.96. The summed E-state index contributed by atoms with van der Waals surface area (Å²) in [5.74, 6) is -1.94. The lowest BCUT2D eigenvalue weighted by Gasteiger charge is -2.28. The summed E-state index contributed by atoms with van der Waals surface area (Å²) in [4.78, 5) is 24.2. The number of hydrogen-bond donors (Lipinski definition) is 1. The van der Waals surface area contributed by atoms with Crippen LogP contribution in [0.25, 0.3) is 0 Å². The molecule has 1 amide bonds. The molecule has 0 radical (unpaired) electrons. The van der Waals surface area contributed by atoms with Crippen LogP contribution in [-0.2, 0) is 9.59 Å². The van der Waals surface area contributed by atoms with Crippen molar-refractivity contribution in [1.82, 2.24) is 0 Å². The van der Waals surface area contributed by atoms with Crippen molar-refractivity contribution in [2.75, 3.05) is 26.6 Å². The van der Waals surface area contributed by atoms with Gasteiger partial charge in [0.2, 0.25) is 11.7 Å². The molecule has 25 heavy (non-hydrogen) atoms. The van der Waals surface area contributed by atoms with Gasteiger partial charge in [-0.2, -0.15) is 0 Å². The van der Waals surface area contributed by atoms with E-state index in [-0.39, 0.29) is 17.7 Å². The Kier molecular flexibility index (Phi) is 4.57. The van der Waals surface area contributed by atoms with Gasteiger partial charge in [0, 0.05) is 29.7 Å². The Morgan fingerprint density at radius 1 is 1.00 bits per heavy atom. The molecular weight excluding hydrogens is 326 g/mol. The molecule has 3 rings (SSSR count). The van der Waals surface area contributed by atoms with Gasteiger partial charge in [-0.1, -0.05) is 12.2 Å². The Morgan fingerprint density at radius 3 is 2.04 bits per heavy atom. The Bertz CT molecular complexity index is 703. The number of amides is 1. The molecule has 1 aromatic carbocycles. The van der Waals surface area contributed by atoms with Crippen LogP contribution in [0.5, 0.6) is 17.2 Å². The van der Waals surface area contributed by atoms with Crippen LogP contribution < -0.4 is 24.6 Å². The summed E-state index contributed by atoms with van der Waals surface area (Å²) in [6, 6.07) is 3.21. The van der Waals surface area contributed by atoms with E-state index in [4.69, 9.17) is 14.2 Å². The van der Waals surface area contributed by atoms with E-state index in [1.165, 1.54) is 21.3 Å². The molecule has 0 spiro atoms. The summed E-state index contributed by atoms with van der Waals surface area (Å²) in [6.45, 7) is 0.